The number of hydrogen-bond donors (Lipinski definition) is 0. The molecule has 4 rings (SSSR count). The fourth-order valence-corrected chi connectivity index (χ4v) is 4.04. The third-order valence-corrected chi connectivity index (χ3v) is 6.17. The first-order chi connectivity index (χ1) is 17.3. The molecule has 0 saturated carbocycles. The van der Waals surface area contributed by atoms with Gasteiger partial charge in [-0.1, -0.05) is 16.8 Å². The van der Waals surface area contributed by atoms with Crippen molar-refractivity contribution in [1.29, 1.82) is 0 Å². The van der Waals surface area contributed by atoms with Gasteiger partial charge < -0.3 is 14.2 Å². The van der Waals surface area contributed by atoms with Crippen LogP contribution in [0.3, 0.4) is 0 Å². The van der Waals surface area contributed by atoms with Gasteiger partial charge in [0, 0.05) is 55.3 Å². The SMILES string of the molecule is O=C(c1ccc(C(F)(F)F)cc1)N(CCCN1CCOCC1)CCc1nc(-c2ccc(Cl)cc2)no1. The summed E-state index contributed by atoms with van der Waals surface area (Å²) in [6.45, 7) is 4.55. The molecule has 1 saturated heterocycles. The van der Waals surface area contributed by atoms with Crippen LogP contribution in [-0.2, 0) is 17.3 Å². The summed E-state index contributed by atoms with van der Waals surface area (Å²) >= 11 is 5.92. The standard InChI is InChI=1S/C25H26ClF3N4O3/c26-21-8-4-18(5-9-21)23-30-22(36-31-23)10-13-33(12-1-11-32-14-16-35-17-15-32)24(34)19-2-6-20(7-3-19)25(27,28)29/h2-9H,1,10-17H2. The molecule has 1 aromatic heterocycles. The summed E-state index contributed by atoms with van der Waals surface area (Å²) < 4.78 is 49.5. The monoisotopic (exact) mass is 522 g/mol. The average molecular weight is 523 g/mol. The zero-order valence-corrected chi connectivity index (χ0v) is 20.3. The summed E-state index contributed by atoms with van der Waals surface area (Å²) in [5.74, 6) is 0.427. The predicted octanol–water partition coefficient (Wildman–Crippen LogP) is 4.82. The van der Waals surface area contributed by atoms with Gasteiger partial charge in [0.1, 0.15) is 0 Å². The van der Waals surface area contributed by atoms with E-state index in [1.54, 1.807) is 29.2 Å². The number of aromatic nitrogens is 2. The fraction of sp³-hybridized carbons (Fsp3) is 0.400. The van der Waals surface area contributed by atoms with E-state index in [0.717, 1.165) is 37.3 Å². The molecule has 0 atom stereocenters. The van der Waals surface area contributed by atoms with Crippen LogP contribution in [0.15, 0.2) is 53.1 Å². The molecule has 2 aromatic carbocycles. The van der Waals surface area contributed by atoms with Crippen LogP contribution < -0.4 is 0 Å². The van der Waals surface area contributed by atoms with Crippen molar-refractivity contribution in [2.24, 2.45) is 0 Å². The summed E-state index contributed by atoms with van der Waals surface area (Å²) in [7, 11) is 0. The first kappa shape index (κ1) is 26.1. The second-order valence-corrected chi connectivity index (χ2v) is 8.88. The maximum Gasteiger partial charge on any atom is 0.416 e. The van der Waals surface area contributed by atoms with Crippen molar-refractivity contribution >= 4 is 17.5 Å². The Bertz CT molecular complexity index is 1130. The van der Waals surface area contributed by atoms with Crippen LogP contribution in [0.2, 0.25) is 5.02 Å². The van der Waals surface area contributed by atoms with Crippen LogP contribution in [0.25, 0.3) is 11.4 Å². The number of ether oxygens (including phenoxy) is 1. The smallest absolute Gasteiger partial charge is 0.379 e. The lowest BCUT2D eigenvalue weighted by molar-refractivity contribution is -0.137. The number of alkyl halides is 3. The van der Waals surface area contributed by atoms with Crippen LogP contribution in [-0.4, -0.2) is 71.8 Å². The van der Waals surface area contributed by atoms with Crippen molar-refractivity contribution in [2.45, 2.75) is 19.0 Å². The van der Waals surface area contributed by atoms with E-state index in [1.807, 2.05) is 0 Å². The number of hydrogen-bond acceptors (Lipinski definition) is 6. The molecule has 1 aliphatic heterocycles. The number of carbonyl (C=O) groups excluding carboxylic acids is 1. The molecule has 192 valence electrons. The molecular formula is C25H26ClF3N4O3. The molecule has 0 spiro atoms. The second-order valence-electron chi connectivity index (χ2n) is 8.44. The lowest BCUT2D eigenvalue weighted by Gasteiger charge is -2.28. The van der Waals surface area contributed by atoms with E-state index in [0.29, 0.717) is 49.3 Å². The summed E-state index contributed by atoms with van der Waals surface area (Å²) in [5.41, 5.74) is 0.151. The van der Waals surface area contributed by atoms with E-state index in [9.17, 15) is 18.0 Å². The van der Waals surface area contributed by atoms with E-state index >= 15 is 0 Å². The summed E-state index contributed by atoms with van der Waals surface area (Å²) in [6.07, 6.45) is -3.43. The van der Waals surface area contributed by atoms with Crippen LogP contribution in [0.4, 0.5) is 13.2 Å². The van der Waals surface area contributed by atoms with Crippen LogP contribution in [0.1, 0.15) is 28.2 Å². The quantitative estimate of drug-likeness (QED) is 0.401. The fourth-order valence-electron chi connectivity index (χ4n) is 3.91. The molecule has 1 amide bonds. The van der Waals surface area contributed by atoms with Gasteiger partial charge in [-0.25, -0.2) is 0 Å². The van der Waals surface area contributed by atoms with Gasteiger partial charge in [-0.15, -0.1) is 0 Å². The molecule has 3 aromatic rings. The van der Waals surface area contributed by atoms with E-state index in [2.05, 4.69) is 15.0 Å². The van der Waals surface area contributed by atoms with Gasteiger partial charge >= 0.3 is 6.18 Å². The van der Waals surface area contributed by atoms with Crippen LogP contribution in [0, 0.1) is 0 Å². The third kappa shape index (κ3) is 7.05. The van der Waals surface area contributed by atoms with Crippen molar-refractivity contribution in [3.63, 3.8) is 0 Å². The highest BCUT2D eigenvalue weighted by Crippen LogP contribution is 2.29. The Morgan fingerprint density at radius 1 is 1.03 bits per heavy atom. The topological polar surface area (TPSA) is 71.7 Å². The largest absolute Gasteiger partial charge is 0.416 e. The number of benzene rings is 2. The second kappa shape index (κ2) is 11.9. The van der Waals surface area contributed by atoms with E-state index in [1.165, 1.54) is 12.1 Å². The van der Waals surface area contributed by atoms with E-state index in [4.69, 9.17) is 20.9 Å². The maximum absolute atomic E-state index is 13.2. The van der Waals surface area contributed by atoms with Crippen molar-refractivity contribution in [3.05, 3.63) is 70.6 Å². The molecule has 1 aliphatic rings. The third-order valence-electron chi connectivity index (χ3n) is 5.92. The number of morpholine rings is 1. The number of amides is 1. The molecule has 2 heterocycles. The summed E-state index contributed by atoms with van der Waals surface area (Å²) in [6, 6.07) is 11.3. The predicted molar refractivity (Wildman–Crippen MR) is 128 cm³/mol. The van der Waals surface area contributed by atoms with Crippen LogP contribution >= 0.6 is 11.6 Å². The molecule has 11 heteroatoms. The Hall–Kier alpha value is -2.95. The average Bonchev–Trinajstić information content (AvgIpc) is 3.35. The Kier molecular flexibility index (Phi) is 8.60. The van der Waals surface area contributed by atoms with Crippen molar-refractivity contribution in [1.82, 2.24) is 19.9 Å². The first-order valence-electron chi connectivity index (χ1n) is 11.6. The maximum atomic E-state index is 13.2. The molecule has 7 nitrogen and oxygen atoms in total. The number of nitrogens with zero attached hydrogens (tertiary/aromatic N) is 4. The molecule has 1 fully saturated rings. The Labute approximate surface area is 211 Å². The minimum absolute atomic E-state index is 0.196. The molecule has 0 bridgehead atoms. The van der Waals surface area contributed by atoms with Crippen molar-refractivity contribution in [3.8, 4) is 11.4 Å². The lowest BCUT2D eigenvalue weighted by Crippen LogP contribution is -2.39. The first-order valence-corrected chi connectivity index (χ1v) is 12.0. The Morgan fingerprint density at radius 3 is 2.39 bits per heavy atom. The van der Waals surface area contributed by atoms with Gasteiger partial charge in [0.2, 0.25) is 11.7 Å². The van der Waals surface area contributed by atoms with E-state index < -0.39 is 11.7 Å². The lowest BCUT2D eigenvalue weighted by atomic mass is 10.1. The van der Waals surface area contributed by atoms with Gasteiger partial charge in [0.05, 0.1) is 18.8 Å². The molecule has 0 N–H and O–H groups in total. The highest BCUT2D eigenvalue weighted by atomic mass is 35.5. The van der Waals surface area contributed by atoms with Gasteiger partial charge in [0.15, 0.2) is 0 Å². The Morgan fingerprint density at radius 2 is 1.72 bits per heavy atom. The minimum atomic E-state index is -4.46. The minimum Gasteiger partial charge on any atom is -0.379 e. The Balaban J connectivity index is 1.42. The molecule has 36 heavy (non-hydrogen) atoms. The number of carbonyl (C=O) groups is 1. The van der Waals surface area contributed by atoms with Crippen LogP contribution in [0.5, 0.6) is 0 Å². The number of halogens is 4. The number of rotatable bonds is 9. The van der Waals surface area contributed by atoms with Crippen molar-refractivity contribution < 1.29 is 27.2 Å². The molecule has 0 unspecified atom stereocenters. The zero-order valence-electron chi connectivity index (χ0n) is 19.5. The van der Waals surface area contributed by atoms with Gasteiger partial charge in [0.25, 0.3) is 5.91 Å². The molecular weight excluding hydrogens is 497 g/mol. The molecule has 0 radical (unpaired) electrons. The van der Waals surface area contributed by atoms with Gasteiger partial charge in [-0.3, -0.25) is 9.69 Å². The summed E-state index contributed by atoms with van der Waals surface area (Å²) in [5, 5.41) is 4.59. The van der Waals surface area contributed by atoms with Crippen molar-refractivity contribution in [2.75, 3.05) is 45.9 Å². The molecule has 0 aliphatic carbocycles. The summed E-state index contributed by atoms with van der Waals surface area (Å²) in [4.78, 5) is 21.5. The van der Waals surface area contributed by atoms with Gasteiger partial charge in [-0.05, 0) is 55.0 Å². The normalized spacial score (nSPS) is 14.7. The zero-order chi connectivity index (χ0) is 25.5. The highest BCUT2D eigenvalue weighted by Gasteiger charge is 2.30. The van der Waals surface area contributed by atoms with Gasteiger partial charge in [-0.2, -0.15) is 18.2 Å². The van der Waals surface area contributed by atoms with E-state index in [-0.39, 0.29) is 18.0 Å². The highest BCUT2D eigenvalue weighted by molar-refractivity contribution is 6.30.